The Bertz CT molecular complexity index is 645. The highest BCUT2D eigenvalue weighted by atomic mass is 16.5. The Morgan fingerprint density at radius 3 is 2.35 bits per heavy atom. The number of nitrogens with zero attached hydrogens (tertiary/aromatic N) is 1. The largest absolute Gasteiger partial charge is 0.490 e. The average molecular weight is 266 g/mol. The van der Waals surface area contributed by atoms with Gasteiger partial charge >= 0.3 is 0 Å². The van der Waals surface area contributed by atoms with Crippen LogP contribution in [0.5, 0.6) is 11.5 Å². The molecule has 0 saturated carbocycles. The van der Waals surface area contributed by atoms with Crippen molar-refractivity contribution in [3.8, 4) is 17.6 Å². The Kier molecular flexibility index (Phi) is 3.42. The molecular formula is C16H14N2O2. The summed E-state index contributed by atoms with van der Waals surface area (Å²) in [4.78, 5) is 0. The minimum atomic E-state index is 0.647. The summed E-state index contributed by atoms with van der Waals surface area (Å²) in [6.07, 6.45) is 0.896. The highest BCUT2D eigenvalue weighted by Crippen LogP contribution is 2.33. The first-order valence-corrected chi connectivity index (χ1v) is 6.52. The van der Waals surface area contributed by atoms with Gasteiger partial charge in [-0.25, -0.2) is 0 Å². The molecule has 0 unspecified atom stereocenters. The van der Waals surface area contributed by atoms with E-state index in [4.69, 9.17) is 14.7 Å². The first-order chi connectivity index (χ1) is 9.85. The summed E-state index contributed by atoms with van der Waals surface area (Å²) in [7, 11) is 0. The number of nitrogens with one attached hydrogen (secondary N) is 1. The van der Waals surface area contributed by atoms with Crippen LogP contribution >= 0.6 is 0 Å². The lowest BCUT2D eigenvalue weighted by atomic mass is 10.2. The fourth-order valence-corrected chi connectivity index (χ4v) is 2.04. The van der Waals surface area contributed by atoms with Gasteiger partial charge in [0.1, 0.15) is 0 Å². The van der Waals surface area contributed by atoms with Crippen LogP contribution in [0.1, 0.15) is 12.0 Å². The maximum Gasteiger partial charge on any atom is 0.163 e. The number of hydrogen-bond acceptors (Lipinski definition) is 4. The van der Waals surface area contributed by atoms with Gasteiger partial charge < -0.3 is 14.8 Å². The Morgan fingerprint density at radius 1 is 0.900 bits per heavy atom. The number of anilines is 2. The molecule has 4 heteroatoms. The lowest BCUT2D eigenvalue weighted by Gasteiger charge is -2.11. The van der Waals surface area contributed by atoms with Gasteiger partial charge in [-0.1, -0.05) is 0 Å². The Labute approximate surface area is 117 Å². The molecule has 1 heterocycles. The summed E-state index contributed by atoms with van der Waals surface area (Å²) in [6.45, 7) is 1.36. The highest BCUT2D eigenvalue weighted by Gasteiger charge is 2.10. The van der Waals surface area contributed by atoms with Crippen molar-refractivity contribution in [1.29, 1.82) is 5.26 Å². The predicted octanol–water partition coefficient (Wildman–Crippen LogP) is 3.46. The van der Waals surface area contributed by atoms with Crippen molar-refractivity contribution in [2.75, 3.05) is 18.5 Å². The summed E-state index contributed by atoms with van der Waals surface area (Å²) < 4.78 is 11.3. The van der Waals surface area contributed by atoms with Crippen molar-refractivity contribution in [2.24, 2.45) is 0 Å². The molecule has 2 aromatic rings. The Balaban J connectivity index is 1.80. The van der Waals surface area contributed by atoms with E-state index in [-0.39, 0.29) is 0 Å². The SMILES string of the molecule is N#Cc1ccc(Nc2ccc3c(c2)OCCCO3)cc1. The van der Waals surface area contributed by atoms with Crippen molar-refractivity contribution < 1.29 is 9.47 Å². The van der Waals surface area contributed by atoms with Crippen LogP contribution in [0.4, 0.5) is 11.4 Å². The second kappa shape index (κ2) is 5.54. The van der Waals surface area contributed by atoms with Crippen LogP contribution in [-0.2, 0) is 0 Å². The lowest BCUT2D eigenvalue weighted by Crippen LogP contribution is -1.97. The van der Waals surface area contributed by atoms with Crippen LogP contribution in [0.25, 0.3) is 0 Å². The molecule has 3 rings (SSSR count). The van der Waals surface area contributed by atoms with Gasteiger partial charge in [-0.05, 0) is 36.4 Å². The molecule has 0 fully saturated rings. The number of hydrogen-bond donors (Lipinski definition) is 1. The minimum absolute atomic E-state index is 0.647. The first-order valence-electron chi connectivity index (χ1n) is 6.52. The summed E-state index contributed by atoms with van der Waals surface area (Å²) in [5.74, 6) is 1.55. The number of benzene rings is 2. The molecule has 0 spiro atoms. The van der Waals surface area contributed by atoms with E-state index in [9.17, 15) is 0 Å². The summed E-state index contributed by atoms with van der Waals surface area (Å²) in [5, 5.41) is 12.1. The molecule has 0 bridgehead atoms. The third-order valence-corrected chi connectivity index (χ3v) is 3.05. The standard InChI is InChI=1S/C16H14N2O2/c17-11-12-2-4-13(5-3-12)18-14-6-7-15-16(10-14)20-9-1-8-19-15/h2-7,10,18H,1,8-9H2. The molecule has 4 nitrogen and oxygen atoms in total. The lowest BCUT2D eigenvalue weighted by molar-refractivity contribution is 0.297. The van der Waals surface area contributed by atoms with Crippen LogP contribution in [0.3, 0.4) is 0 Å². The van der Waals surface area contributed by atoms with E-state index in [0.29, 0.717) is 18.8 Å². The molecule has 1 aliphatic heterocycles. The molecule has 0 amide bonds. The topological polar surface area (TPSA) is 54.3 Å². The zero-order chi connectivity index (χ0) is 13.8. The Morgan fingerprint density at radius 2 is 1.60 bits per heavy atom. The van der Waals surface area contributed by atoms with Gasteiger partial charge in [0.15, 0.2) is 11.5 Å². The number of nitriles is 1. The van der Waals surface area contributed by atoms with Gasteiger partial charge in [-0.3, -0.25) is 0 Å². The van der Waals surface area contributed by atoms with Crippen LogP contribution < -0.4 is 14.8 Å². The van der Waals surface area contributed by atoms with E-state index in [2.05, 4.69) is 11.4 Å². The summed E-state index contributed by atoms with van der Waals surface area (Å²) in [5.41, 5.74) is 2.51. The van der Waals surface area contributed by atoms with Crippen LogP contribution in [0.15, 0.2) is 42.5 Å². The quantitative estimate of drug-likeness (QED) is 0.904. The Hall–Kier alpha value is -2.67. The molecule has 0 radical (unpaired) electrons. The molecular weight excluding hydrogens is 252 g/mol. The normalized spacial score (nSPS) is 13.2. The maximum atomic E-state index is 8.78. The second-order valence-corrected chi connectivity index (χ2v) is 4.53. The van der Waals surface area contributed by atoms with Crippen molar-refractivity contribution in [1.82, 2.24) is 0 Å². The van der Waals surface area contributed by atoms with Crippen molar-refractivity contribution in [3.63, 3.8) is 0 Å². The van der Waals surface area contributed by atoms with E-state index < -0.39 is 0 Å². The summed E-state index contributed by atoms with van der Waals surface area (Å²) in [6, 6.07) is 15.2. The molecule has 1 aliphatic rings. The molecule has 20 heavy (non-hydrogen) atoms. The van der Waals surface area contributed by atoms with E-state index in [0.717, 1.165) is 29.3 Å². The van der Waals surface area contributed by atoms with Gasteiger partial charge in [-0.15, -0.1) is 0 Å². The third kappa shape index (κ3) is 2.67. The smallest absolute Gasteiger partial charge is 0.163 e. The fourth-order valence-electron chi connectivity index (χ4n) is 2.04. The van der Waals surface area contributed by atoms with Crippen LogP contribution in [0.2, 0.25) is 0 Å². The zero-order valence-corrected chi connectivity index (χ0v) is 10.9. The average Bonchev–Trinajstić information content (AvgIpc) is 2.73. The van der Waals surface area contributed by atoms with Gasteiger partial charge in [0, 0.05) is 23.9 Å². The minimum Gasteiger partial charge on any atom is -0.490 e. The molecule has 2 aromatic carbocycles. The number of ether oxygens (including phenoxy) is 2. The van der Waals surface area contributed by atoms with E-state index in [1.54, 1.807) is 12.1 Å². The predicted molar refractivity (Wildman–Crippen MR) is 76.5 cm³/mol. The van der Waals surface area contributed by atoms with E-state index in [1.807, 2.05) is 30.3 Å². The first kappa shape index (κ1) is 12.4. The highest BCUT2D eigenvalue weighted by molar-refractivity contribution is 5.64. The zero-order valence-electron chi connectivity index (χ0n) is 10.9. The van der Waals surface area contributed by atoms with Gasteiger partial charge in [0.05, 0.1) is 24.8 Å². The third-order valence-electron chi connectivity index (χ3n) is 3.05. The van der Waals surface area contributed by atoms with Crippen molar-refractivity contribution in [2.45, 2.75) is 6.42 Å². The van der Waals surface area contributed by atoms with Gasteiger partial charge in [0.25, 0.3) is 0 Å². The monoisotopic (exact) mass is 266 g/mol. The van der Waals surface area contributed by atoms with Crippen molar-refractivity contribution in [3.05, 3.63) is 48.0 Å². The summed E-state index contributed by atoms with van der Waals surface area (Å²) >= 11 is 0. The molecule has 0 aromatic heterocycles. The maximum absolute atomic E-state index is 8.78. The molecule has 0 aliphatic carbocycles. The fraction of sp³-hybridized carbons (Fsp3) is 0.188. The van der Waals surface area contributed by atoms with Gasteiger partial charge in [0.2, 0.25) is 0 Å². The molecule has 0 atom stereocenters. The van der Waals surface area contributed by atoms with Crippen LogP contribution in [-0.4, -0.2) is 13.2 Å². The molecule has 0 saturated heterocycles. The number of fused-ring (bicyclic) bond motifs is 1. The van der Waals surface area contributed by atoms with E-state index in [1.165, 1.54) is 0 Å². The second-order valence-electron chi connectivity index (χ2n) is 4.53. The molecule has 100 valence electrons. The van der Waals surface area contributed by atoms with Gasteiger partial charge in [-0.2, -0.15) is 5.26 Å². The van der Waals surface area contributed by atoms with Crippen molar-refractivity contribution >= 4 is 11.4 Å². The number of rotatable bonds is 2. The van der Waals surface area contributed by atoms with Crippen LogP contribution in [0, 0.1) is 11.3 Å². The molecule has 1 N–H and O–H groups in total. The van der Waals surface area contributed by atoms with E-state index >= 15 is 0 Å².